The van der Waals surface area contributed by atoms with Gasteiger partial charge < -0.3 is 10.4 Å². The van der Waals surface area contributed by atoms with Crippen molar-refractivity contribution in [1.82, 2.24) is 19.7 Å². The topological polar surface area (TPSA) is 89.2 Å². The smallest absolute Gasteiger partial charge is 0.404 e. The molecule has 0 unspecified atom stereocenters. The molecule has 0 saturated heterocycles. The number of benzene rings is 1. The SMILES string of the molecule is O=C(O)NC/C(=C\F)Cn1ncn(-c2cc(F)c(Br)c(F)c2)c1=O. The number of nitrogens with zero attached hydrogens (tertiary/aromatic N) is 3. The van der Waals surface area contributed by atoms with Gasteiger partial charge in [0.25, 0.3) is 0 Å². The van der Waals surface area contributed by atoms with Crippen LogP contribution in [0.4, 0.5) is 18.0 Å². The van der Waals surface area contributed by atoms with Crippen LogP contribution in [0.1, 0.15) is 0 Å². The summed E-state index contributed by atoms with van der Waals surface area (Å²) >= 11 is 2.72. The van der Waals surface area contributed by atoms with Crippen molar-refractivity contribution in [2.45, 2.75) is 6.54 Å². The number of amides is 1. The quantitative estimate of drug-likeness (QED) is 0.744. The Labute approximate surface area is 141 Å². The van der Waals surface area contributed by atoms with Crippen LogP contribution in [0, 0.1) is 11.6 Å². The lowest BCUT2D eigenvalue weighted by atomic mass is 10.3. The van der Waals surface area contributed by atoms with E-state index < -0.39 is 23.4 Å². The van der Waals surface area contributed by atoms with Crippen LogP contribution in [0.2, 0.25) is 0 Å². The summed E-state index contributed by atoms with van der Waals surface area (Å²) in [6.45, 7) is -0.670. The summed E-state index contributed by atoms with van der Waals surface area (Å²) in [5, 5.41) is 14.1. The molecule has 0 aliphatic heterocycles. The minimum atomic E-state index is -1.35. The van der Waals surface area contributed by atoms with Crippen molar-refractivity contribution < 1.29 is 23.1 Å². The summed E-state index contributed by atoms with van der Waals surface area (Å²) in [7, 11) is 0. The van der Waals surface area contributed by atoms with Crippen LogP contribution in [0.5, 0.6) is 0 Å². The molecule has 24 heavy (non-hydrogen) atoms. The van der Waals surface area contributed by atoms with Crippen LogP contribution in [-0.2, 0) is 6.54 Å². The summed E-state index contributed by atoms with van der Waals surface area (Å²) in [5.74, 6) is -1.81. The molecule has 0 atom stereocenters. The van der Waals surface area contributed by atoms with E-state index in [2.05, 4.69) is 21.0 Å². The molecular formula is C13H10BrF3N4O3. The van der Waals surface area contributed by atoms with Crippen LogP contribution in [-0.4, -0.2) is 32.1 Å². The Balaban J connectivity index is 2.29. The van der Waals surface area contributed by atoms with Crippen molar-refractivity contribution in [3.63, 3.8) is 0 Å². The van der Waals surface area contributed by atoms with E-state index in [1.165, 1.54) is 0 Å². The summed E-state index contributed by atoms with van der Waals surface area (Å²) in [6.07, 6.45) is -0.182. The zero-order valence-electron chi connectivity index (χ0n) is 11.8. The van der Waals surface area contributed by atoms with E-state index >= 15 is 0 Å². The second-order valence-electron chi connectivity index (χ2n) is 4.59. The number of halogens is 4. The number of carbonyl (C=O) groups is 1. The fraction of sp³-hybridized carbons (Fsp3) is 0.154. The fourth-order valence-corrected chi connectivity index (χ4v) is 2.04. The minimum Gasteiger partial charge on any atom is -0.465 e. The third kappa shape index (κ3) is 3.85. The van der Waals surface area contributed by atoms with Gasteiger partial charge in [-0.15, -0.1) is 0 Å². The Hall–Kier alpha value is -2.56. The third-order valence-electron chi connectivity index (χ3n) is 2.95. The predicted molar refractivity (Wildman–Crippen MR) is 80.7 cm³/mol. The van der Waals surface area contributed by atoms with E-state index in [0.717, 1.165) is 27.7 Å². The molecule has 0 fully saturated rings. The van der Waals surface area contributed by atoms with Gasteiger partial charge in [-0.1, -0.05) is 0 Å². The molecule has 128 valence electrons. The van der Waals surface area contributed by atoms with Crippen LogP contribution >= 0.6 is 15.9 Å². The van der Waals surface area contributed by atoms with Gasteiger partial charge in [0.2, 0.25) is 0 Å². The van der Waals surface area contributed by atoms with Gasteiger partial charge in [-0.05, 0) is 33.6 Å². The molecule has 0 aliphatic rings. The summed E-state index contributed by atoms with van der Waals surface area (Å²) in [5.41, 5.74) is -0.928. The Kier molecular flexibility index (Phi) is 5.44. The first kappa shape index (κ1) is 17.8. The average molecular weight is 407 g/mol. The number of hydrogen-bond acceptors (Lipinski definition) is 3. The lowest BCUT2D eigenvalue weighted by Gasteiger charge is -2.05. The highest BCUT2D eigenvalue weighted by Gasteiger charge is 2.14. The lowest BCUT2D eigenvalue weighted by Crippen LogP contribution is -2.29. The summed E-state index contributed by atoms with van der Waals surface area (Å²) in [6, 6.07) is 1.86. The first-order chi connectivity index (χ1) is 11.3. The van der Waals surface area contributed by atoms with Crippen molar-refractivity contribution in [1.29, 1.82) is 0 Å². The molecule has 1 heterocycles. The molecule has 2 rings (SSSR count). The predicted octanol–water partition coefficient (Wildman–Crippen LogP) is 2.20. The van der Waals surface area contributed by atoms with E-state index in [1.807, 2.05) is 5.32 Å². The Morgan fingerprint density at radius 1 is 1.38 bits per heavy atom. The van der Waals surface area contributed by atoms with E-state index in [9.17, 15) is 22.8 Å². The van der Waals surface area contributed by atoms with E-state index in [4.69, 9.17) is 5.11 Å². The van der Waals surface area contributed by atoms with Gasteiger partial charge in [0.15, 0.2) is 0 Å². The van der Waals surface area contributed by atoms with Crippen LogP contribution in [0.3, 0.4) is 0 Å². The Morgan fingerprint density at radius 3 is 2.54 bits per heavy atom. The zero-order valence-corrected chi connectivity index (χ0v) is 13.4. The van der Waals surface area contributed by atoms with E-state index in [0.29, 0.717) is 0 Å². The molecule has 0 aliphatic carbocycles. The van der Waals surface area contributed by atoms with Gasteiger partial charge in [-0.3, -0.25) is 0 Å². The van der Waals surface area contributed by atoms with Crippen molar-refractivity contribution >= 4 is 22.0 Å². The maximum absolute atomic E-state index is 13.6. The van der Waals surface area contributed by atoms with Crippen LogP contribution in [0.15, 0.2) is 39.6 Å². The molecule has 2 aromatic rings. The number of nitrogens with one attached hydrogen (secondary N) is 1. The average Bonchev–Trinajstić information content (AvgIpc) is 2.89. The molecule has 11 heteroatoms. The van der Waals surface area contributed by atoms with Gasteiger partial charge in [-0.25, -0.2) is 32.0 Å². The molecule has 1 aromatic carbocycles. The Morgan fingerprint density at radius 2 is 2.00 bits per heavy atom. The van der Waals surface area contributed by atoms with Crippen LogP contribution in [0.25, 0.3) is 5.69 Å². The number of aromatic nitrogens is 3. The standard InChI is InChI=1S/C13H10BrF3N4O3/c14-11-9(16)1-8(2-10(11)17)20-6-19-21(13(20)24)5-7(3-15)4-18-12(22)23/h1-3,6,18H,4-5H2,(H,22,23)/b7-3+. The number of carboxylic acid groups (broad SMARTS) is 1. The maximum atomic E-state index is 13.6. The van der Waals surface area contributed by atoms with Gasteiger partial charge in [-0.2, -0.15) is 5.10 Å². The molecule has 0 saturated carbocycles. The first-order valence-corrected chi connectivity index (χ1v) is 7.17. The highest BCUT2D eigenvalue weighted by molar-refractivity contribution is 9.10. The van der Waals surface area contributed by atoms with Gasteiger partial charge in [0, 0.05) is 6.54 Å². The van der Waals surface area contributed by atoms with Gasteiger partial charge >= 0.3 is 11.8 Å². The second kappa shape index (κ2) is 7.34. The molecule has 2 N–H and O–H groups in total. The summed E-state index contributed by atoms with van der Waals surface area (Å²) in [4.78, 5) is 22.6. The number of rotatable bonds is 5. The van der Waals surface area contributed by atoms with E-state index in [1.54, 1.807) is 0 Å². The first-order valence-electron chi connectivity index (χ1n) is 6.37. The van der Waals surface area contributed by atoms with Crippen molar-refractivity contribution in [3.05, 3.63) is 57.0 Å². The molecule has 1 amide bonds. The normalized spacial score (nSPS) is 11.6. The monoisotopic (exact) mass is 406 g/mol. The highest BCUT2D eigenvalue weighted by atomic mass is 79.9. The highest BCUT2D eigenvalue weighted by Crippen LogP contribution is 2.22. The third-order valence-corrected chi connectivity index (χ3v) is 3.71. The van der Waals surface area contributed by atoms with Crippen LogP contribution < -0.4 is 11.0 Å². The van der Waals surface area contributed by atoms with Gasteiger partial charge in [0.05, 0.1) is 23.0 Å². The molecule has 0 bridgehead atoms. The zero-order chi connectivity index (χ0) is 17.9. The number of hydrogen-bond donors (Lipinski definition) is 2. The van der Waals surface area contributed by atoms with Gasteiger partial charge in [0.1, 0.15) is 18.0 Å². The maximum Gasteiger partial charge on any atom is 0.404 e. The largest absolute Gasteiger partial charge is 0.465 e. The fourth-order valence-electron chi connectivity index (χ4n) is 1.81. The molecule has 0 spiro atoms. The molecule has 1 aromatic heterocycles. The van der Waals surface area contributed by atoms with Crippen molar-refractivity contribution in [3.8, 4) is 5.69 Å². The molecule has 0 radical (unpaired) electrons. The second-order valence-corrected chi connectivity index (χ2v) is 5.38. The lowest BCUT2D eigenvalue weighted by molar-refractivity contribution is 0.195. The summed E-state index contributed by atoms with van der Waals surface area (Å²) < 4.78 is 41.2. The Bertz CT molecular complexity index is 839. The van der Waals surface area contributed by atoms with E-state index in [-0.39, 0.29) is 35.2 Å². The van der Waals surface area contributed by atoms with Crippen molar-refractivity contribution in [2.24, 2.45) is 0 Å². The molecular weight excluding hydrogens is 397 g/mol. The van der Waals surface area contributed by atoms with Crippen molar-refractivity contribution in [2.75, 3.05) is 6.54 Å². The minimum absolute atomic E-state index is 0.0575. The molecule has 7 nitrogen and oxygen atoms in total.